The molecule has 4 rings (SSSR count). The van der Waals surface area contributed by atoms with Crippen LogP contribution in [0.4, 0.5) is 5.69 Å². The van der Waals surface area contributed by atoms with Crippen molar-refractivity contribution in [2.24, 2.45) is 5.92 Å². The van der Waals surface area contributed by atoms with Crippen LogP contribution in [0, 0.1) is 5.92 Å². The van der Waals surface area contributed by atoms with Crippen LogP contribution < -0.4 is 5.32 Å². The average Bonchev–Trinajstić information content (AvgIpc) is 3.24. The highest BCUT2D eigenvalue weighted by Crippen LogP contribution is 2.32. The van der Waals surface area contributed by atoms with Gasteiger partial charge in [0.15, 0.2) is 0 Å². The number of fused-ring (bicyclic) bond motifs is 1. The van der Waals surface area contributed by atoms with Crippen LogP contribution in [0.3, 0.4) is 0 Å². The monoisotopic (exact) mass is 346 g/mol. The number of hydrogen-bond acceptors (Lipinski definition) is 4. The maximum Gasteiger partial charge on any atom is 0.112 e. The van der Waals surface area contributed by atoms with Gasteiger partial charge in [0, 0.05) is 36.0 Å². The van der Waals surface area contributed by atoms with Crippen molar-refractivity contribution in [1.82, 2.24) is 14.9 Å². The van der Waals surface area contributed by atoms with E-state index in [2.05, 4.69) is 36.1 Å². The molecule has 1 saturated carbocycles. The van der Waals surface area contributed by atoms with Crippen LogP contribution in [0.5, 0.6) is 0 Å². The average molecular weight is 347 g/mol. The number of halogens is 1. The summed E-state index contributed by atoms with van der Waals surface area (Å²) in [5, 5.41) is 3.58. The second-order valence-electron chi connectivity index (χ2n) is 6.14. The zero-order valence-electron chi connectivity index (χ0n) is 11.9. The molecule has 0 radical (unpaired) electrons. The highest BCUT2D eigenvalue weighted by atomic mass is 79.9. The van der Waals surface area contributed by atoms with Crippen LogP contribution in [-0.4, -0.2) is 40.5 Å². The van der Waals surface area contributed by atoms with Crippen LogP contribution in [0.2, 0.25) is 0 Å². The Bertz CT molecular complexity index is 656. The molecule has 4 nitrogen and oxygen atoms in total. The smallest absolute Gasteiger partial charge is 0.112 e. The summed E-state index contributed by atoms with van der Waals surface area (Å²) in [6.45, 7) is 3.55. The Kier molecular flexibility index (Phi) is 3.55. The van der Waals surface area contributed by atoms with Crippen molar-refractivity contribution in [2.75, 3.05) is 25.0 Å². The lowest BCUT2D eigenvalue weighted by Gasteiger charge is -2.16. The summed E-state index contributed by atoms with van der Waals surface area (Å²) in [4.78, 5) is 11.5. The largest absolute Gasteiger partial charge is 0.383 e. The third-order valence-electron chi connectivity index (χ3n) is 4.51. The molecule has 2 aromatic rings. The second kappa shape index (κ2) is 5.54. The number of pyridine rings is 2. The first kappa shape index (κ1) is 13.5. The molecule has 0 bridgehead atoms. The van der Waals surface area contributed by atoms with E-state index in [4.69, 9.17) is 0 Å². The van der Waals surface area contributed by atoms with Gasteiger partial charge >= 0.3 is 0 Å². The zero-order chi connectivity index (χ0) is 14.2. The van der Waals surface area contributed by atoms with Crippen LogP contribution in [0.1, 0.15) is 19.3 Å². The molecule has 1 N–H and O–H groups in total. The normalized spacial score (nSPS) is 22.8. The van der Waals surface area contributed by atoms with Crippen molar-refractivity contribution in [3.05, 3.63) is 29.0 Å². The van der Waals surface area contributed by atoms with Gasteiger partial charge in [-0.3, -0.25) is 9.97 Å². The summed E-state index contributed by atoms with van der Waals surface area (Å²) < 4.78 is 0.968. The molecule has 1 aliphatic heterocycles. The number of likely N-dealkylation sites (tertiary alicyclic amines) is 1. The molecule has 110 valence electrons. The van der Waals surface area contributed by atoms with E-state index in [9.17, 15) is 0 Å². The highest BCUT2D eigenvalue weighted by molar-refractivity contribution is 9.10. The number of nitrogens with one attached hydrogen (secondary N) is 1. The Morgan fingerprint density at radius 2 is 2.19 bits per heavy atom. The Labute approximate surface area is 133 Å². The van der Waals surface area contributed by atoms with Crippen LogP contribution >= 0.6 is 15.9 Å². The lowest BCUT2D eigenvalue weighted by molar-refractivity contribution is 0.316. The molecule has 2 aliphatic rings. The molecule has 1 aliphatic carbocycles. The predicted octanol–water partition coefficient (Wildman–Crippen LogP) is 3.29. The Balaban J connectivity index is 1.45. The first-order chi connectivity index (χ1) is 10.3. The summed E-state index contributed by atoms with van der Waals surface area (Å²) in [7, 11) is 0. The van der Waals surface area contributed by atoms with Crippen molar-refractivity contribution in [3.8, 4) is 0 Å². The summed E-state index contributed by atoms with van der Waals surface area (Å²) in [6.07, 6.45) is 7.82. The molecule has 1 atom stereocenters. The predicted molar refractivity (Wildman–Crippen MR) is 88.4 cm³/mol. The van der Waals surface area contributed by atoms with Gasteiger partial charge in [0.2, 0.25) is 0 Å². The van der Waals surface area contributed by atoms with E-state index in [0.29, 0.717) is 0 Å². The summed E-state index contributed by atoms with van der Waals surface area (Å²) in [5.74, 6) is 0.754. The molecule has 2 fully saturated rings. The van der Waals surface area contributed by atoms with E-state index < -0.39 is 0 Å². The zero-order valence-corrected chi connectivity index (χ0v) is 13.5. The molecular formula is C16H19BrN4. The van der Waals surface area contributed by atoms with Gasteiger partial charge in [0.1, 0.15) is 5.52 Å². The van der Waals surface area contributed by atoms with Crippen molar-refractivity contribution < 1.29 is 0 Å². The molecule has 0 aromatic carbocycles. The molecule has 0 spiro atoms. The van der Waals surface area contributed by atoms with Crippen molar-refractivity contribution in [2.45, 2.75) is 25.3 Å². The highest BCUT2D eigenvalue weighted by Gasteiger charge is 2.34. The fourth-order valence-corrected chi connectivity index (χ4v) is 3.52. The second-order valence-corrected chi connectivity index (χ2v) is 7.06. The Morgan fingerprint density at radius 1 is 1.29 bits per heavy atom. The van der Waals surface area contributed by atoms with Gasteiger partial charge in [0.05, 0.1) is 11.2 Å². The van der Waals surface area contributed by atoms with Gasteiger partial charge in [-0.1, -0.05) is 0 Å². The van der Waals surface area contributed by atoms with Gasteiger partial charge in [-0.2, -0.15) is 0 Å². The topological polar surface area (TPSA) is 41.1 Å². The molecule has 2 aromatic heterocycles. The van der Waals surface area contributed by atoms with E-state index >= 15 is 0 Å². The molecule has 3 heterocycles. The SMILES string of the molecule is Brc1cnc2c(NCC3CCN(C4CC4)C3)ccnc2c1. The minimum atomic E-state index is 0.754. The summed E-state index contributed by atoms with van der Waals surface area (Å²) >= 11 is 3.45. The third-order valence-corrected chi connectivity index (χ3v) is 4.94. The van der Waals surface area contributed by atoms with E-state index in [1.54, 1.807) is 0 Å². The van der Waals surface area contributed by atoms with E-state index in [1.165, 1.54) is 32.4 Å². The van der Waals surface area contributed by atoms with E-state index in [1.807, 2.05) is 24.5 Å². The lowest BCUT2D eigenvalue weighted by Crippen LogP contribution is -2.24. The fourth-order valence-electron chi connectivity index (χ4n) is 3.20. The molecule has 1 saturated heterocycles. The minimum absolute atomic E-state index is 0.754. The van der Waals surface area contributed by atoms with Crippen LogP contribution in [-0.2, 0) is 0 Å². The van der Waals surface area contributed by atoms with E-state index in [-0.39, 0.29) is 0 Å². The minimum Gasteiger partial charge on any atom is -0.383 e. The van der Waals surface area contributed by atoms with Crippen molar-refractivity contribution in [3.63, 3.8) is 0 Å². The number of hydrogen-bond donors (Lipinski definition) is 1. The number of anilines is 1. The quantitative estimate of drug-likeness (QED) is 0.922. The first-order valence-electron chi connectivity index (χ1n) is 7.68. The number of aromatic nitrogens is 2. The van der Waals surface area contributed by atoms with E-state index in [0.717, 1.165) is 39.7 Å². The Hall–Kier alpha value is -1.20. The maximum absolute atomic E-state index is 4.50. The van der Waals surface area contributed by atoms with Gasteiger partial charge in [0.25, 0.3) is 0 Å². The summed E-state index contributed by atoms with van der Waals surface area (Å²) in [5.41, 5.74) is 2.98. The standard InChI is InChI=1S/C16H19BrN4/c17-12-7-15-16(20-9-12)14(3-5-18-15)19-8-11-4-6-21(10-11)13-1-2-13/h3,5,7,9,11,13H,1-2,4,6,8,10H2,(H,18,19). The molecular weight excluding hydrogens is 328 g/mol. The van der Waals surface area contributed by atoms with Gasteiger partial charge in [-0.15, -0.1) is 0 Å². The molecule has 21 heavy (non-hydrogen) atoms. The van der Waals surface area contributed by atoms with Crippen molar-refractivity contribution >= 4 is 32.7 Å². The van der Waals surface area contributed by atoms with Gasteiger partial charge in [-0.05, 0) is 59.8 Å². The van der Waals surface area contributed by atoms with Crippen molar-refractivity contribution in [1.29, 1.82) is 0 Å². The van der Waals surface area contributed by atoms with Crippen LogP contribution in [0.25, 0.3) is 11.0 Å². The lowest BCUT2D eigenvalue weighted by atomic mass is 10.1. The third kappa shape index (κ3) is 2.90. The molecule has 5 heteroatoms. The number of nitrogens with zero attached hydrogens (tertiary/aromatic N) is 3. The fraction of sp³-hybridized carbons (Fsp3) is 0.500. The molecule has 1 unspecified atom stereocenters. The molecule has 0 amide bonds. The number of rotatable bonds is 4. The Morgan fingerprint density at radius 3 is 3.05 bits per heavy atom. The maximum atomic E-state index is 4.50. The van der Waals surface area contributed by atoms with Gasteiger partial charge < -0.3 is 10.2 Å². The van der Waals surface area contributed by atoms with Gasteiger partial charge in [-0.25, -0.2) is 0 Å². The van der Waals surface area contributed by atoms with Crippen LogP contribution in [0.15, 0.2) is 29.0 Å². The first-order valence-corrected chi connectivity index (χ1v) is 8.47. The summed E-state index contributed by atoms with van der Waals surface area (Å²) in [6, 6.07) is 4.94.